The minimum Gasteiger partial charge on any atom is -0.481 e. The molecule has 31 heavy (non-hydrogen) atoms. The van der Waals surface area contributed by atoms with Gasteiger partial charge in [-0.2, -0.15) is 0 Å². The third-order valence-corrected chi connectivity index (χ3v) is 5.34. The molecular weight excluding hydrogens is 396 g/mol. The number of aromatic nitrogens is 2. The maximum absolute atomic E-state index is 12.8. The Morgan fingerprint density at radius 1 is 1.19 bits per heavy atom. The molecule has 7 heteroatoms. The maximum atomic E-state index is 12.8. The van der Waals surface area contributed by atoms with Crippen molar-refractivity contribution in [2.45, 2.75) is 90.6 Å². The van der Waals surface area contributed by atoms with Crippen LogP contribution in [0.1, 0.15) is 87.7 Å². The lowest BCUT2D eigenvalue weighted by atomic mass is 10.1. The SMILES string of the molecule is CCCCCC(=O)c1c(/C=C/[C@H]2OC(C)(C)O[C@H]2C/C=C\CCC(=O)O)nc(C)n1C. The van der Waals surface area contributed by atoms with Crippen molar-refractivity contribution in [3.05, 3.63) is 35.4 Å². The largest absolute Gasteiger partial charge is 0.481 e. The second kappa shape index (κ2) is 11.4. The standard InChI is InChI=1S/C24H36N2O5/c1-6-7-9-12-19(27)23-18(25-17(2)26(23)5)15-16-21-20(30-24(3,4)31-21)13-10-8-11-14-22(28)29/h8,10,15-16,20-21H,6-7,9,11-14H2,1-5H3,(H,28,29)/b10-8-,16-15+/t20-,21+/m0/s1. The van der Waals surface area contributed by atoms with Gasteiger partial charge < -0.3 is 19.1 Å². The van der Waals surface area contributed by atoms with Gasteiger partial charge in [-0.3, -0.25) is 9.59 Å². The van der Waals surface area contributed by atoms with E-state index in [0.29, 0.717) is 30.7 Å². The summed E-state index contributed by atoms with van der Waals surface area (Å²) in [5, 5.41) is 8.74. The number of carboxylic acid groups (broad SMARTS) is 1. The number of Topliss-reactive ketones (excluding diaryl/α,β-unsaturated/α-hetero) is 1. The van der Waals surface area contributed by atoms with Crippen LogP contribution in [-0.4, -0.2) is 44.4 Å². The van der Waals surface area contributed by atoms with Crippen LogP contribution in [0.2, 0.25) is 0 Å². The molecular formula is C24H36N2O5. The zero-order chi connectivity index (χ0) is 23.0. The van der Waals surface area contributed by atoms with Crippen molar-refractivity contribution in [3.8, 4) is 0 Å². The van der Waals surface area contributed by atoms with Crippen LogP contribution in [0.4, 0.5) is 0 Å². The molecule has 0 amide bonds. The van der Waals surface area contributed by atoms with Crippen molar-refractivity contribution in [1.29, 1.82) is 0 Å². The number of unbranched alkanes of at least 4 members (excludes halogenated alkanes) is 2. The Balaban J connectivity index is 2.12. The molecule has 1 aromatic heterocycles. The van der Waals surface area contributed by atoms with Crippen LogP contribution in [-0.2, 0) is 21.3 Å². The molecule has 2 rings (SSSR count). The highest BCUT2D eigenvalue weighted by Gasteiger charge is 2.39. The number of hydrogen-bond acceptors (Lipinski definition) is 5. The molecule has 1 aliphatic heterocycles. The molecule has 0 saturated carbocycles. The summed E-state index contributed by atoms with van der Waals surface area (Å²) in [5.74, 6) is -0.621. The predicted octanol–water partition coefficient (Wildman–Crippen LogP) is 4.84. The second-order valence-electron chi connectivity index (χ2n) is 8.47. The molecule has 1 N–H and O–H groups in total. The molecule has 172 valence electrons. The van der Waals surface area contributed by atoms with Crippen LogP contribution >= 0.6 is 0 Å². The van der Waals surface area contributed by atoms with Crippen molar-refractivity contribution in [2.75, 3.05) is 0 Å². The van der Waals surface area contributed by atoms with Gasteiger partial charge in [-0.15, -0.1) is 0 Å². The number of allylic oxidation sites excluding steroid dienone is 1. The summed E-state index contributed by atoms with van der Waals surface area (Å²) in [6, 6.07) is 0. The number of carbonyl (C=O) groups excluding carboxylic acids is 1. The van der Waals surface area contributed by atoms with E-state index in [2.05, 4.69) is 11.9 Å². The van der Waals surface area contributed by atoms with E-state index in [-0.39, 0.29) is 24.4 Å². The van der Waals surface area contributed by atoms with Gasteiger partial charge in [0.2, 0.25) is 0 Å². The highest BCUT2D eigenvalue weighted by Crippen LogP contribution is 2.31. The average Bonchev–Trinajstić information content (AvgIpc) is 3.14. The Bertz CT molecular complexity index is 822. The zero-order valence-corrected chi connectivity index (χ0v) is 19.4. The van der Waals surface area contributed by atoms with Gasteiger partial charge in [0.1, 0.15) is 17.6 Å². The summed E-state index contributed by atoms with van der Waals surface area (Å²) in [7, 11) is 1.87. The van der Waals surface area contributed by atoms with E-state index in [1.54, 1.807) is 0 Å². The average molecular weight is 433 g/mol. The van der Waals surface area contributed by atoms with E-state index < -0.39 is 11.8 Å². The van der Waals surface area contributed by atoms with E-state index >= 15 is 0 Å². The van der Waals surface area contributed by atoms with Crippen LogP contribution in [0, 0.1) is 6.92 Å². The van der Waals surface area contributed by atoms with Crippen LogP contribution in [0.3, 0.4) is 0 Å². The maximum Gasteiger partial charge on any atom is 0.303 e. The lowest BCUT2D eigenvalue weighted by Crippen LogP contribution is -2.21. The number of ketones is 1. The van der Waals surface area contributed by atoms with Gasteiger partial charge in [0.15, 0.2) is 11.6 Å². The third kappa shape index (κ3) is 7.43. The van der Waals surface area contributed by atoms with Gasteiger partial charge in [0.25, 0.3) is 0 Å². The van der Waals surface area contributed by atoms with Gasteiger partial charge in [0.05, 0.1) is 11.8 Å². The number of ether oxygens (including phenoxy) is 2. The van der Waals surface area contributed by atoms with Crippen molar-refractivity contribution in [2.24, 2.45) is 7.05 Å². The number of imidazole rings is 1. The number of aliphatic carboxylic acids is 1. The lowest BCUT2D eigenvalue weighted by Gasteiger charge is -2.16. The summed E-state index contributed by atoms with van der Waals surface area (Å²) >= 11 is 0. The number of aryl methyl sites for hydroxylation is 1. The van der Waals surface area contributed by atoms with Crippen molar-refractivity contribution in [1.82, 2.24) is 9.55 Å². The molecule has 1 saturated heterocycles. The summed E-state index contributed by atoms with van der Waals surface area (Å²) < 4.78 is 13.9. The molecule has 2 atom stereocenters. The molecule has 0 unspecified atom stereocenters. The minimum atomic E-state index is -0.808. The van der Waals surface area contributed by atoms with Crippen molar-refractivity contribution >= 4 is 17.8 Å². The zero-order valence-electron chi connectivity index (χ0n) is 19.4. The molecule has 0 radical (unpaired) electrons. The van der Waals surface area contributed by atoms with Gasteiger partial charge >= 0.3 is 5.97 Å². The second-order valence-corrected chi connectivity index (χ2v) is 8.47. The first-order valence-electron chi connectivity index (χ1n) is 11.1. The normalized spacial score (nSPS) is 20.8. The summed E-state index contributed by atoms with van der Waals surface area (Å²) in [6.45, 7) is 7.75. The van der Waals surface area contributed by atoms with Gasteiger partial charge in [-0.25, -0.2) is 4.98 Å². The topological polar surface area (TPSA) is 90.7 Å². The molecule has 0 aliphatic carbocycles. The highest BCUT2D eigenvalue weighted by molar-refractivity contribution is 5.97. The van der Waals surface area contributed by atoms with Gasteiger partial charge in [-0.05, 0) is 46.1 Å². The fourth-order valence-corrected chi connectivity index (χ4v) is 3.69. The Morgan fingerprint density at radius 3 is 2.61 bits per heavy atom. The molecule has 0 aromatic carbocycles. The van der Waals surface area contributed by atoms with Gasteiger partial charge in [-0.1, -0.05) is 38.0 Å². The van der Waals surface area contributed by atoms with E-state index in [4.69, 9.17) is 14.6 Å². The number of hydrogen-bond donors (Lipinski definition) is 1. The predicted molar refractivity (Wildman–Crippen MR) is 120 cm³/mol. The molecule has 1 fully saturated rings. The first-order chi connectivity index (χ1) is 14.6. The molecule has 1 aromatic rings. The number of nitrogens with zero attached hydrogens (tertiary/aromatic N) is 2. The first kappa shape index (κ1) is 25.0. The fraction of sp³-hybridized carbons (Fsp3) is 0.625. The van der Waals surface area contributed by atoms with Crippen LogP contribution in [0.15, 0.2) is 18.2 Å². The Morgan fingerprint density at radius 2 is 1.94 bits per heavy atom. The molecule has 7 nitrogen and oxygen atoms in total. The Labute approximate surface area is 185 Å². The molecule has 2 heterocycles. The Hall–Kier alpha value is -2.25. The van der Waals surface area contributed by atoms with Crippen LogP contribution in [0.5, 0.6) is 0 Å². The van der Waals surface area contributed by atoms with Gasteiger partial charge in [0, 0.05) is 19.9 Å². The van der Waals surface area contributed by atoms with Crippen molar-refractivity contribution < 1.29 is 24.2 Å². The summed E-state index contributed by atoms with van der Waals surface area (Å²) in [5.41, 5.74) is 1.29. The van der Waals surface area contributed by atoms with E-state index in [0.717, 1.165) is 25.1 Å². The van der Waals surface area contributed by atoms with Crippen LogP contribution in [0.25, 0.3) is 6.08 Å². The van der Waals surface area contributed by atoms with E-state index in [1.165, 1.54) is 0 Å². The van der Waals surface area contributed by atoms with Crippen LogP contribution < -0.4 is 0 Å². The number of carboxylic acids is 1. The first-order valence-corrected chi connectivity index (χ1v) is 11.1. The highest BCUT2D eigenvalue weighted by atomic mass is 16.7. The minimum absolute atomic E-state index is 0.109. The van der Waals surface area contributed by atoms with E-state index in [1.807, 2.05) is 56.7 Å². The number of carbonyl (C=O) groups is 2. The van der Waals surface area contributed by atoms with E-state index in [9.17, 15) is 9.59 Å². The fourth-order valence-electron chi connectivity index (χ4n) is 3.69. The summed E-state index contributed by atoms with van der Waals surface area (Å²) in [6.07, 6.45) is 11.8. The quantitative estimate of drug-likeness (QED) is 0.289. The summed E-state index contributed by atoms with van der Waals surface area (Å²) in [4.78, 5) is 28.0. The Kier molecular flexibility index (Phi) is 9.19. The molecule has 0 spiro atoms. The smallest absolute Gasteiger partial charge is 0.303 e. The van der Waals surface area contributed by atoms with Crippen molar-refractivity contribution in [3.63, 3.8) is 0 Å². The molecule has 0 bridgehead atoms. The molecule has 1 aliphatic rings. The lowest BCUT2D eigenvalue weighted by molar-refractivity contribution is -0.142. The third-order valence-electron chi connectivity index (χ3n) is 5.34. The monoisotopic (exact) mass is 432 g/mol. The number of rotatable bonds is 12.